The van der Waals surface area contributed by atoms with E-state index in [-0.39, 0.29) is 83.6 Å². The standard InChI is InChI=1S/C56H28F15N5/c57-52(58,59)32-12-19-44-39(24-32)40-25-33(53(60,61)62)13-20-45(40)75(44)36-16-17-43(56(69,70)71)37(28-36)38-23-31(51-73-49(29-7-3-1-4-8-29)72-50(74-51)30-9-5-2-6-10-30)11-18-46(38)76-47-21-14-34(54(63,64)65)26-41(47)42-27-35(55(66,67)68)15-22-48(42)76/h1-28H. The Morgan fingerprint density at radius 3 is 1.03 bits per heavy atom. The predicted octanol–water partition coefficient (Wildman–Crippen LogP) is 17.8. The zero-order chi connectivity index (χ0) is 53.9. The fourth-order valence-corrected chi connectivity index (χ4v) is 9.45. The van der Waals surface area contributed by atoms with Crippen molar-refractivity contribution in [1.29, 1.82) is 0 Å². The maximum Gasteiger partial charge on any atom is 0.417 e. The Kier molecular flexibility index (Phi) is 11.4. The molecule has 0 amide bonds. The largest absolute Gasteiger partial charge is 0.417 e. The number of hydrogen-bond donors (Lipinski definition) is 0. The van der Waals surface area contributed by atoms with Crippen LogP contribution in [0, 0.1) is 0 Å². The number of rotatable bonds is 6. The highest BCUT2D eigenvalue weighted by Gasteiger charge is 2.38. The fraction of sp³-hybridized carbons (Fsp3) is 0.0893. The minimum absolute atomic E-state index is 0.0322. The molecule has 0 aliphatic carbocycles. The summed E-state index contributed by atoms with van der Waals surface area (Å²) in [5.41, 5.74) is -7.35. The first-order valence-electron chi connectivity index (χ1n) is 22.5. The third-order valence-corrected chi connectivity index (χ3v) is 12.9. The molecule has 0 atom stereocenters. The van der Waals surface area contributed by atoms with Crippen LogP contribution in [-0.4, -0.2) is 24.1 Å². The molecule has 0 spiro atoms. The van der Waals surface area contributed by atoms with Gasteiger partial charge in [0.25, 0.3) is 0 Å². The SMILES string of the molecule is FC(F)(F)c1ccc2c(c1)c1cc(C(F)(F)F)ccc1n2-c1ccc(C(F)(F)F)c(-c2cc(-c3nc(-c4ccccc4)nc(-c4ccccc4)n3)ccc2-n2c3ccc(C(F)(F)F)cc3c3cc(C(F)(F)F)ccc32)c1. The minimum Gasteiger partial charge on any atom is -0.309 e. The van der Waals surface area contributed by atoms with Crippen molar-refractivity contribution < 1.29 is 65.9 Å². The summed E-state index contributed by atoms with van der Waals surface area (Å²) >= 11 is 0. The van der Waals surface area contributed by atoms with Crippen LogP contribution in [0.3, 0.4) is 0 Å². The summed E-state index contributed by atoms with van der Waals surface area (Å²) in [5, 5.41) is -1.37. The Morgan fingerprint density at radius 1 is 0.289 bits per heavy atom. The number of halogens is 15. The van der Waals surface area contributed by atoms with Crippen LogP contribution in [0.2, 0.25) is 0 Å². The molecule has 8 aromatic carbocycles. The van der Waals surface area contributed by atoms with E-state index in [0.29, 0.717) is 65.7 Å². The molecule has 20 heteroatoms. The van der Waals surface area contributed by atoms with Crippen LogP contribution in [0.25, 0.3) is 100 Å². The summed E-state index contributed by atoms with van der Waals surface area (Å²) in [6, 6.07) is 32.7. The van der Waals surface area contributed by atoms with Crippen molar-refractivity contribution in [3.63, 3.8) is 0 Å². The van der Waals surface area contributed by atoms with Crippen LogP contribution in [0.5, 0.6) is 0 Å². The molecule has 76 heavy (non-hydrogen) atoms. The second kappa shape index (κ2) is 17.5. The van der Waals surface area contributed by atoms with Gasteiger partial charge in [0, 0.05) is 49.5 Å². The van der Waals surface area contributed by atoms with Crippen molar-refractivity contribution in [3.8, 4) is 56.7 Å². The third kappa shape index (κ3) is 8.79. The lowest BCUT2D eigenvalue weighted by Crippen LogP contribution is -2.10. The van der Waals surface area contributed by atoms with Gasteiger partial charge in [-0.2, -0.15) is 65.9 Å². The molecule has 0 aliphatic heterocycles. The zero-order valence-corrected chi connectivity index (χ0v) is 38.1. The number of alkyl halides is 15. The lowest BCUT2D eigenvalue weighted by Gasteiger charge is -2.21. The van der Waals surface area contributed by atoms with E-state index in [4.69, 9.17) is 9.97 Å². The molecule has 382 valence electrons. The van der Waals surface area contributed by atoms with Gasteiger partial charge >= 0.3 is 30.9 Å². The molecule has 0 N–H and O–H groups in total. The highest BCUT2D eigenvalue weighted by Crippen LogP contribution is 2.47. The normalized spacial score (nSPS) is 12.9. The maximum atomic E-state index is 15.8. The zero-order valence-electron chi connectivity index (χ0n) is 38.1. The van der Waals surface area contributed by atoms with Gasteiger partial charge in [-0.15, -0.1) is 0 Å². The van der Waals surface area contributed by atoms with Crippen molar-refractivity contribution in [3.05, 3.63) is 198 Å². The first-order chi connectivity index (χ1) is 35.8. The molecule has 0 unspecified atom stereocenters. The Labute approximate surface area is 417 Å². The van der Waals surface area contributed by atoms with Gasteiger partial charge in [-0.05, 0) is 115 Å². The Hall–Kier alpha value is -8.68. The predicted molar refractivity (Wildman–Crippen MR) is 255 cm³/mol. The molecule has 5 nitrogen and oxygen atoms in total. The number of aromatic nitrogens is 5. The second-order valence-electron chi connectivity index (χ2n) is 17.6. The molecule has 11 aromatic rings. The van der Waals surface area contributed by atoms with E-state index in [2.05, 4.69) is 4.98 Å². The highest BCUT2D eigenvalue weighted by molar-refractivity contribution is 6.11. The van der Waals surface area contributed by atoms with Gasteiger partial charge in [0.05, 0.1) is 55.6 Å². The Balaban J connectivity index is 1.25. The van der Waals surface area contributed by atoms with E-state index in [9.17, 15) is 52.7 Å². The maximum absolute atomic E-state index is 15.8. The molecule has 0 radical (unpaired) electrons. The van der Waals surface area contributed by atoms with E-state index < -0.39 is 64.3 Å². The molecule has 3 aromatic heterocycles. The fourth-order valence-electron chi connectivity index (χ4n) is 9.45. The first kappa shape index (κ1) is 49.5. The highest BCUT2D eigenvalue weighted by atomic mass is 19.4. The molecular weight excluding hydrogens is 1030 g/mol. The minimum atomic E-state index is -5.23. The van der Waals surface area contributed by atoms with Crippen LogP contribution in [0.4, 0.5) is 65.9 Å². The monoisotopic (exact) mass is 1060 g/mol. The second-order valence-corrected chi connectivity index (χ2v) is 17.6. The van der Waals surface area contributed by atoms with E-state index in [1.54, 1.807) is 60.7 Å². The molecule has 0 saturated carbocycles. The van der Waals surface area contributed by atoms with E-state index in [1.165, 1.54) is 27.3 Å². The summed E-state index contributed by atoms with van der Waals surface area (Å²) in [7, 11) is 0. The van der Waals surface area contributed by atoms with Gasteiger partial charge in [-0.25, -0.2) is 15.0 Å². The lowest BCUT2D eigenvalue weighted by atomic mass is 9.94. The Morgan fingerprint density at radius 2 is 0.658 bits per heavy atom. The van der Waals surface area contributed by atoms with Gasteiger partial charge in [-0.3, -0.25) is 0 Å². The molecule has 3 heterocycles. The van der Waals surface area contributed by atoms with Crippen molar-refractivity contribution in [2.75, 3.05) is 0 Å². The lowest BCUT2D eigenvalue weighted by molar-refractivity contribution is -0.138. The third-order valence-electron chi connectivity index (χ3n) is 12.9. The van der Waals surface area contributed by atoms with Gasteiger partial charge in [0.15, 0.2) is 17.5 Å². The summed E-state index contributed by atoms with van der Waals surface area (Å²) in [6.45, 7) is 0. The van der Waals surface area contributed by atoms with Crippen LogP contribution in [-0.2, 0) is 30.9 Å². The van der Waals surface area contributed by atoms with E-state index in [0.717, 1.165) is 36.4 Å². The van der Waals surface area contributed by atoms with E-state index in [1.807, 2.05) is 0 Å². The molecule has 0 fully saturated rings. The van der Waals surface area contributed by atoms with Crippen molar-refractivity contribution in [2.24, 2.45) is 0 Å². The summed E-state index contributed by atoms with van der Waals surface area (Å²) in [4.78, 5) is 14.1. The van der Waals surface area contributed by atoms with Crippen molar-refractivity contribution in [1.82, 2.24) is 24.1 Å². The number of benzene rings is 8. The van der Waals surface area contributed by atoms with Crippen LogP contribution < -0.4 is 0 Å². The molecule has 0 saturated heterocycles. The molecule has 0 aliphatic rings. The topological polar surface area (TPSA) is 48.5 Å². The van der Waals surface area contributed by atoms with Crippen LogP contribution in [0.1, 0.15) is 27.8 Å². The number of fused-ring (bicyclic) bond motifs is 6. The van der Waals surface area contributed by atoms with Crippen LogP contribution in [0.15, 0.2) is 170 Å². The molecule has 11 rings (SSSR count). The van der Waals surface area contributed by atoms with Gasteiger partial charge in [-0.1, -0.05) is 60.7 Å². The summed E-state index contributed by atoms with van der Waals surface area (Å²) in [5.74, 6) is 0.163. The van der Waals surface area contributed by atoms with Crippen LogP contribution >= 0.6 is 0 Å². The summed E-state index contributed by atoms with van der Waals surface area (Å²) < 4.78 is 221. The number of hydrogen-bond acceptors (Lipinski definition) is 3. The quantitative estimate of drug-likeness (QED) is 0.156. The molecule has 0 bridgehead atoms. The smallest absolute Gasteiger partial charge is 0.309 e. The van der Waals surface area contributed by atoms with Crippen molar-refractivity contribution >= 4 is 43.6 Å². The average Bonchev–Trinajstić information content (AvgIpc) is 4.03. The van der Waals surface area contributed by atoms with Gasteiger partial charge in [0.1, 0.15) is 0 Å². The van der Waals surface area contributed by atoms with E-state index >= 15 is 13.2 Å². The Bertz CT molecular complexity index is 3890. The van der Waals surface area contributed by atoms with Gasteiger partial charge < -0.3 is 9.13 Å². The number of nitrogens with zero attached hydrogens (tertiary/aromatic N) is 5. The first-order valence-corrected chi connectivity index (χ1v) is 22.5. The molecular formula is C56H28F15N5. The average molecular weight is 1060 g/mol. The van der Waals surface area contributed by atoms with Crippen molar-refractivity contribution in [2.45, 2.75) is 30.9 Å². The summed E-state index contributed by atoms with van der Waals surface area (Å²) in [6.07, 6.45) is -25.1. The van der Waals surface area contributed by atoms with Gasteiger partial charge in [0.2, 0.25) is 0 Å².